The molecule has 1 aromatic heterocycles. The number of carbonyl (C=O) groups is 1. The maximum absolute atomic E-state index is 11.8. The molecule has 0 saturated heterocycles. The van der Waals surface area contributed by atoms with Gasteiger partial charge in [0.2, 0.25) is 0 Å². The summed E-state index contributed by atoms with van der Waals surface area (Å²) in [5.41, 5.74) is 2.42. The summed E-state index contributed by atoms with van der Waals surface area (Å²) in [7, 11) is 0. The molecule has 0 unspecified atom stereocenters. The van der Waals surface area contributed by atoms with Crippen LogP contribution in [0.1, 0.15) is 24.5 Å². The van der Waals surface area contributed by atoms with Crippen molar-refractivity contribution >= 4 is 6.03 Å². The minimum absolute atomic E-state index is 0.107. The van der Waals surface area contributed by atoms with Crippen molar-refractivity contribution in [3.63, 3.8) is 0 Å². The van der Waals surface area contributed by atoms with Crippen LogP contribution in [0.5, 0.6) is 0 Å². The topological polar surface area (TPSA) is 54.0 Å². The van der Waals surface area contributed by atoms with Gasteiger partial charge in [0.15, 0.2) is 0 Å². The van der Waals surface area contributed by atoms with Gasteiger partial charge in [0.25, 0.3) is 0 Å². The predicted octanol–water partition coefficient (Wildman–Crippen LogP) is 2.94. The van der Waals surface area contributed by atoms with Crippen LogP contribution in [0.2, 0.25) is 0 Å². The van der Waals surface area contributed by atoms with Gasteiger partial charge in [-0.1, -0.05) is 36.4 Å². The van der Waals surface area contributed by atoms with Gasteiger partial charge in [-0.05, 0) is 43.4 Å². The number of pyridine rings is 1. The highest BCUT2D eigenvalue weighted by atomic mass is 16.2. The maximum Gasteiger partial charge on any atom is 0.315 e. The fourth-order valence-corrected chi connectivity index (χ4v) is 2.24. The van der Waals surface area contributed by atoms with E-state index in [-0.39, 0.29) is 12.1 Å². The van der Waals surface area contributed by atoms with E-state index < -0.39 is 0 Å². The van der Waals surface area contributed by atoms with Crippen molar-refractivity contribution in [2.75, 3.05) is 6.54 Å². The Labute approximate surface area is 132 Å². The van der Waals surface area contributed by atoms with E-state index in [2.05, 4.69) is 27.8 Å². The second kappa shape index (κ2) is 8.82. The minimum Gasteiger partial charge on any atom is -0.338 e. The average molecular weight is 297 g/mol. The van der Waals surface area contributed by atoms with E-state index in [4.69, 9.17) is 0 Å². The van der Waals surface area contributed by atoms with E-state index in [1.54, 1.807) is 6.20 Å². The molecule has 0 aliphatic carbocycles. The first kappa shape index (κ1) is 16.0. The number of nitrogens with zero attached hydrogens (tertiary/aromatic N) is 1. The molecule has 0 spiro atoms. The molecule has 1 heterocycles. The summed E-state index contributed by atoms with van der Waals surface area (Å²) in [6.07, 6.45) is 6.26. The lowest BCUT2D eigenvalue weighted by Crippen LogP contribution is -2.41. The zero-order valence-corrected chi connectivity index (χ0v) is 13.0. The number of aromatic nitrogens is 1. The third kappa shape index (κ3) is 5.95. The number of nitrogens with one attached hydrogen (secondary N) is 2. The average Bonchev–Trinajstić information content (AvgIpc) is 2.55. The van der Waals surface area contributed by atoms with E-state index in [1.807, 2.05) is 43.5 Å². The van der Waals surface area contributed by atoms with E-state index in [0.717, 1.165) is 24.8 Å². The Hall–Kier alpha value is -2.36. The monoisotopic (exact) mass is 297 g/mol. The summed E-state index contributed by atoms with van der Waals surface area (Å²) < 4.78 is 0. The highest BCUT2D eigenvalue weighted by Gasteiger charge is 2.06. The van der Waals surface area contributed by atoms with Crippen LogP contribution < -0.4 is 10.6 Å². The van der Waals surface area contributed by atoms with Gasteiger partial charge in [-0.3, -0.25) is 4.98 Å². The fourth-order valence-electron chi connectivity index (χ4n) is 2.24. The van der Waals surface area contributed by atoms with Crippen molar-refractivity contribution in [2.45, 2.75) is 32.2 Å². The van der Waals surface area contributed by atoms with E-state index >= 15 is 0 Å². The second-order valence-corrected chi connectivity index (χ2v) is 5.44. The number of hydrogen-bond donors (Lipinski definition) is 2. The standard InChI is InChI=1S/C18H23N3O/c1-15(9-10-16-6-3-2-4-7-16)21-18(22)20-13-11-17-8-5-12-19-14-17/h2-8,12,14-15H,9-11,13H2,1H3,(H2,20,21,22)/t15-/m1/s1. The second-order valence-electron chi connectivity index (χ2n) is 5.44. The SMILES string of the molecule is C[C@H](CCc1ccccc1)NC(=O)NCCc1cccnc1. The fraction of sp³-hybridized carbons (Fsp3) is 0.333. The van der Waals surface area contributed by atoms with Crippen LogP contribution in [0.15, 0.2) is 54.9 Å². The number of hydrogen-bond acceptors (Lipinski definition) is 2. The van der Waals surface area contributed by atoms with Crippen LogP contribution in [-0.4, -0.2) is 23.6 Å². The molecule has 0 saturated carbocycles. The molecular weight excluding hydrogens is 274 g/mol. The Morgan fingerprint density at radius 2 is 1.86 bits per heavy atom. The molecular formula is C18H23N3O. The predicted molar refractivity (Wildman–Crippen MR) is 88.7 cm³/mol. The van der Waals surface area contributed by atoms with Gasteiger partial charge in [0.1, 0.15) is 0 Å². The Balaban J connectivity index is 1.62. The van der Waals surface area contributed by atoms with Gasteiger partial charge < -0.3 is 10.6 Å². The Morgan fingerprint density at radius 1 is 1.09 bits per heavy atom. The van der Waals surface area contributed by atoms with Gasteiger partial charge in [-0.15, -0.1) is 0 Å². The van der Waals surface area contributed by atoms with E-state index in [9.17, 15) is 4.79 Å². The van der Waals surface area contributed by atoms with Crippen LogP contribution >= 0.6 is 0 Å². The van der Waals surface area contributed by atoms with Crippen LogP contribution in [0.25, 0.3) is 0 Å². The maximum atomic E-state index is 11.8. The Morgan fingerprint density at radius 3 is 2.59 bits per heavy atom. The van der Waals surface area contributed by atoms with E-state index in [0.29, 0.717) is 6.54 Å². The summed E-state index contributed by atoms with van der Waals surface area (Å²) in [5.74, 6) is 0. The highest BCUT2D eigenvalue weighted by Crippen LogP contribution is 2.04. The van der Waals surface area contributed by atoms with Gasteiger partial charge in [-0.2, -0.15) is 0 Å². The summed E-state index contributed by atoms with van der Waals surface area (Å²) >= 11 is 0. The molecule has 4 nitrogen and oxygen atoms in total. The first-order chi connectivity index (χ1) is 10.7. The van der Waals surface area contributed by atoms with Crippen LogP contribution in [-0.2, 0) is 12.8 Å². The summed E-state index contributed by atoms with van der Waals surface area (Å²) in [6, 6.07) is 14.3. The normalized spacial score (nSPS) is 11.7. The highest BCUT2D eigenvalue weighted by molar-refractivity contribution is 5.74. The molecule has 22 heavy (non-hydrogen) atoms. The third-order valence-electron chi connectivity index (χ3n) is 3.51. The zero-order valence-electron chi connectivity index (χ0n) is 13.0. The number of carbonyl (C=O) groups excluding carboxylic acids is 1. The first-order valence-corrected chi connectivity index (χ1v) is 7.71. The van der Waals surface area contributed by atoms with Crippen molar-refractivity contribution in [2.24, 2.45) is 0 Å². The molecule has 0 fully saturated rings. The van der Waals surface area contributed by atoms with Crippen molar-refractivity contribution < 1.29 is 4.79 Å². The smallest absolute Gasteiger partial charge is 0.315 e. The first-order valence-electron chi connectivity index (χ1n) is 7.71. The lowest BCUT2D eigenvalue weighted by atomic mass is 10.1. The molecule has 2 rings (SSSR count). The van der Waals surface area contributed by atoms with E-state index in [1.165, 1.54) is 5.56 Å². The van der Waals surface area contributed by atoms with Crippen molar-refractivity contribution in [3.8, 4) is 0 Å². The van der Waals surface area contributed by atoms with Crippen LogP contribution in [0.4, 0.5) is 4.79 Å². The van der Waals surface area contributed by atoms with Crippen molar-refractivity contribution in [3.05, 3.63) is 66.0 Å². The Bertz CT molecular complexity index is 557. The van der Waals surface area contributed by atoms with Crippen LogP contribution in [0, 0.1) is 0 Å². The van der Waals surface area contributed by atoms with Gasteiger partial charge >= 0.3 is 6.03 Å². The molecule has 1 aromatic carbocycles. The molecule has 4 heteroatoms. The molecule has 0 bridgehead atoms. The minimum atomic E-state index is -0.107. The van der Waals surface area contributed by atoms with Crippen LogP contribution in [0.3, 0.4) is 0 Å². The van der Waals surface area contributed by atoms with Gasteiger partial charge in [0, 0.05) is 25.0 Å². The summed E-state index contributed by atoms with van der Waals surface area (Å²) in [4.78, 5) is 15.9. The Kier molecular flexibility index (Phi) is 6.42. The molecule has 0 aliphatic rings. The molecule has 1 atom stereocenters. The number of urea groups is 1. The summed E-state index contributed by atoms with van der Waals surface area (Å²) in [5, 5.41) is 5.85. The molecule has 116 valence electrons. The lowest BCUT2D eigenvalue weighted by molar-refractivity contribution is 0.237. The quantitative estimate of drug-likeness (QED) is 0.825. The molecule has 0 radical (unpaired) electrons. The number of rotatable bonds is 7. The molecule has 0 aliphatic heterocycles. The van der Waals surface area contributed by atoms with Gasteiger partial charge in [-0.25, -0.2) is 4.79 Å². The zero-order chi connectivity index (χ0) is 15.6. The molecule has 2 amide bonds. The van der Waals surface area contributed by atoms with Gasteiger partial charge in [0.05, 0.1) is 0 Å². The third-order valence-corrected chi connectivity index (χ3v) is 3.51. The number of benzene rings is 1. The molecule has 2 aromatic rings. The summed E-state index contributed by atoms with van der Waals surface area (Å²) in [6.45, 7) is 2.65. The largest absolute Gasteiger partial charge is 0.338 e. The number of aryl methyl sites for hydroxylation is 1. The molecule has 2 N–H and O–H groups in total. The van der Waals surface area contributed by atoms with Crippen molar-refractivity contribution in [1.82, 2.24) is 15.6 Å². The lowest BCUT2D eigenvalue weighted by Gasteiger charge is -2.14. The van der Waals surface area contributed by atoms with Crippen molar-refractivity contribution in [1.29, 1.82) is 0 Å². The number of amides is 2.